The smallest absolute Gasteiger partial charge is 0.0409 e. The largest absolute Gasteiger partial charge is 0.317 e. The van der Waals surface area contributed by atoms with E-state index in [0.29, 0.717) is 5.92 Å². The summed E-state index contributed by atoms with van der Waals surface area (Å²) in [4.78, 5) is 0. The van der Waals surface area contributed by atoms with Gasteiger partial charge in [-0.05, 0) is 55.6 Å². The number of halogens is 2. The lowest BCUT2D eigenvalue weighted by molar-refractivity contribution is 0.459. The third-order valence-corrected chi connectivity index (χ3v) is 3.69. The predicted molar refractivity (Wildman–Crippen MR) is 64.0 cm³/mol. The molecule has 3 heteroatoms. The minimum Gasteiger partial charge on any atom is -0.317 e. The van der Waals surface area contributed by atoms with Gasteiger partial charge < -0.3 is 5.32 Å². The molecule has 1 heterocycles. The van der Waals surface area contributed by atoms with Crippen LogP contribution < -0.4 is 5.32 Å². The monoisotopic (exact) mass is 273 g/mol. The zero-order chi connectivity index (χ0) is 9.97. The van der Waals surface area contributed by atoms with E-state index in [2.05, 4.69) is 27.3 Å². The Hall–Kier alpha value is -0.0500. The predicted octanol–water partition coefficient (Wildman–Crippen LogP) is 3.57. The maximum absolute atomic E-state index is 6.00. The first kappa shape index (κ1) is 10.5. The summed E-state index contributed by atoms with van der Waals surface area (Å²) >= 11 is 9.59. The van der Waals surface area contributed by atoms with Crippen LogP contribution in [0.25, 0.3) is 0 Å². The molecular weight excluding hydrogens is 261 g/mol. The molecule has 0 aliphatic carbocycles. The molecule has 1 aliphatic heterocycles. The van der Waals surface area contributed by atoms with Crippen LogP contribution in [0.2, 0.25) is 5.02 Å². The van der Waals surface area contributed by atoms with E-state index in [1.54, 1.807) is 0 Å². The molecule has 1 saturated heterocycles. The Kier molecular flexibility index (Phi) is 3.47. The molecular formula is C11H13BrClN. The Morgan fingerprint density at radius 2 is 2.00 bits per heavy atom. The van der Waals surface area contributed by atoms with Crippen LogP contribution >= 0.6 is 27.5 Å². The van der Waals surface area contributed by atoms with Crippen molar-refractivity contribution in [1.29, 1.82) is 0 Å². The SMILES string of the molecule is Clc1ccc(Br)c(C2CCNCC2)c1. The average Bonchev–Trinajstić information content (AvgIpc) is 2.23. The second-order valence-electron chi connectivity index (χ2n) is 3.69. The van der Waals surface area contributed by atoms with Crippen LogP contribution in [-0.4, -0.2) is 13.1 Å². The van der Waals surface area contributed by atoms with E-state index in [1.807, 2.05) is 12.1 Å². The summed E-state index contributed by atoms with van der Waals surface area (Å²) in [6, 6.07) is 6.05. The molecule has 0 atom stereocenters. The fourth-order valence-electron chi connectivity index (χ4n) is 1.96. The second kappa shape index (κ2) is 4.65. The van der Waals surface area contributed by atoms with E-state index in [9.17, 15) is 0 Å². The van der Waals surface area contributed by atoms with Gasteiger partial charge in [0.05, 0.1) is 0 Å². The lowest BCUT2D eigenvalue weighted by Gasteiger charge is -2.24. The van der Waals surface area contributed by atoms with E-state index in [-0.39, 0.29) is 0 Å². The van der Waals surface area contributed by atoms with Crippen LogP contribution in [0.3, 0.4) is 0 Å². The van der Waals surface area contributed by atoms with Gasteiger partial charge >= 0.3 is 0 Å². The quantitative estimate of drug-likeness (QED) is 0.825. The average molecular weight is 275 g/mol. The molecule has 1 aliphatic rings. The van der Waals surface area contributed by atoms with E-state index >= 15 is 0 Å². The summed E-state index contributed by atoms with van der Waals surface area (Å²) in [6.45, 7) is 2.23. The number of rotatable bonds is 1. The molecule has 0 unspecified atom stereocenters. The third-order valence-electron chi connectivity index (χ3n) is 2.74. The molecule has 1 aromatic rings. The highest BCUT2D eigenvalue weighted by Crippen LogP contribution is 2.32. The highest BCUT2D eigenvalue weighted by molar-refractivity contribution is 9.10. The molecule has 0 aromatic heterocycles. The Labute approximate surface area is 98.0 Å². The molecule has 0 amide bonds. The normalized spacial score (nSPS) is 18.4. The summed E-state index contributed by atoms with van der Waals surface area (Å²) in [5, 5.41) is 4.21. The van der Waals surface area contributed by atoms with Crippen molar-refractivity contribution in [3.05, 3.63) is 33.3 Å². The third kappa shape index (κ3) is 2.30. The van der Waals surface area contributed by atoms with Gasteiger partial charge in [-0.3, -0.25) is 0 Å². The van der Waals surface area contributed by atoms with Crippen LogP contribution in [0.1, 0.15) is 24.3 Å². The maximum atomic E-state index is 6.00. The Balaban J connectivity index is 2.24. The minimum atomic E-state index is 0.657. The van der Waals surface area contributed by atoms with Crippen LogP contribution in [0.5, 0.6) is 0 Å². The topological polar surface area (TPSA) is 12.0 Å². The van der Waals surface area contributed by atoms with Gasteiger partial charge in [-0.15, -0.1) is 0 Å². The van der Waals surface area contributed by atoms with Crippen LogP contribution in [0, 0.1) is 0 Å². The van der Waals surface area contributed by atoms with Gasteiger partial charge in [0.2, 0.25) is 0 Å². The number of benzene rings is 1. The van der Waals surface area contributed by atoms with Crippen LogP contribution in [-0.2, 0) is 0 Å². The number of piperidine rings is 1. The first-order valence-electron chi connectivity index (χ1n) is 4.93. The van der Waals surface area contributed by atoms with Gasteiger partial charge in [-0.1, -0.05) is 27.5 Å². The van der Waals surface area contributed by atoms with Gasteiger partial charge in [0.15, 0.2) is 0 Å². The number of hydrogen-bond acceptors (Lipinski definition) is 1. The Morgan fingerprint density at radius 1 is 1.29 bits per heavy atom. The fourth-order valence-corrected chi connectivity index (χ4v) is 2.71. The van der Waals surface area contributed by atoms with Crippen molar-refractivity contribution in [2.24, 2.45) is 0 Å². The standard InChI is InChI=1S/C11H13BrClN/c12-11-2-1-9(13)7-10(11)8-3-5-14-6-4-8/h1-2,7-8,14H,3-6H2. The van der Waals surface area contributed by atoms with Crippen LogP contribution in [0.4, 0.5) is 0 Å². The molecule has 1 N–H and O–H groups in total. The molecule has 0 bridgehead atoms. The van der Waals surface area contributed by atoms with Gasteiger partial charge in [-0.25, -0.2) is 0 Å². The lowest BCUT2D eigenvalue weighted by Crippen LogP contribution is -2.26. The first-order valence-corrected chi connectivity index (χ1v) is 6.10. The summed E-state index contributed by atoms with van der Waals surface area (Å²) in [6.07, 6.45) is 2.41. The number of nitrogens with one attached hydrogen (secondary N) is 1. The summed E-state index contributed by atoms with van der Waals surface area (Å²) in [7, 11) is 0. The maximum Gasteiger partial charge on any atom is 0.0409 e. The Morgan fingerprint density at radius 3 is 2.71 bits per heavy atom. The van der Waals surface area contributed by atoms with Crippen molar-refractivity contribution in [2.45, 2.75) is 18.8 Å². The molecule has 2 rings (SSSR count). The van der Waals surface area contributed by atoms with Gasteiger partial charge in [0.1, 0.15) is 0 Å². The van der Waals surface area contributed by atoms with Gasteiger partial charge in [0, 0.05) is 9.50 Å². The van der Waals surface area contributed by atoms with E-state index in [1.165, 1.54) is 22.9 Å². The minimum absolute atomic E-state index is 0.657. The fraction of sp³-hybridized carbons (Fsp3) is 0.455. The molecule has 0 saturated carbocycles. The molecule has 1 fully saturated rings. The first-order chi connectivity index (χ1) is 6.77. The molecule has 1 nitrogen and oxygen atoms in total. The molecule has 14 heavy (non-hydrogen) atoms. The zero-order valence-corrected chi connectivity index (χ0v) is 10.2. The second-order valence-corrected chi connectivity index (χ2v) is 4.98. The summed E-state index contributed by atoms with van der Waals surface area (Å²) in [5.74, 6) is 0.657. The number of hydrogen-bond donors (Lipinski definition) is 1. The van der Waals surface area contributed by atoms with Crippen molar-refractivity contribution in [1.82, 2.24) is 5.32 Å². The lowest BCUT2D eigenvalue weighted by atomic mass is 9.90. The highest BCUT2D eigenvalue weighted by Gasteiger charge is 2.17. The van der Waals surface area contributed by atoms with Crippen LogP contribution in [0.15, 0.2) is 22.7 Å². The van der Waals surface area contributed by atoms with Gasteiger partial charge in [-0.2, -0.15) is 0 Å². The summed E-state index contributed by atoms with van der Waals surface area (Å²) in [5.41, 5.74) is 1.36. The van der Waals surface area contributed by atoms with Crippen molar-refractivity contribution < 1.29 is 0 Å². The van der Waals surface area contributed by atoms with Crippen molar-refractivity contribution >= 4 is 27.5 Å². The van der Waals surface area contributed by atoms with E-state index in [0.717, 1.165) is 18.1 Å². The molecule has 0 radical (unpaired) electrons. The van der Waals surface area contributed by atoms with E-state index < -0.39 is 0 Å². The molecule has 0 spiro atoms. The van der Waals surface area contributed by atoms with Crippen molar-refractivity contribution in [3.63, 3.8) is 0 Å². The van der Waals surface area contributed by atoms with Crippen molar-refractivity contribution in [2.75, 3.05) is 13.1 Å². The Bertz CT molecular complexity index is 321. The molecule has 76 valence electrons. The van der Waals surface area contributed by atoms with E-state index in [4.69, 9.17) is 11.6 Å². The van der Waals surface area contributed by atoms with Gasteiger partial charge in [0.25, 0.3) is 0 Å². The molecule has 1 aromatic carbocycles. The van der Waals surface area contributed by atoms with Crippen molar-refractivity contribution in [3.8, 4) is 0 Å². The zero-order valence-electron chi connectivity index (χ0n) is 7.89. The highest BCUT2D eigenvalue weighted by atomic mass is 79.9. The summed E-state index contributed by atoms with van der Waals surface area (Å²) < 4.78 is 1.19.